The Kier molecular flexibility index (Phi) is 5.17. The normalized spacial score (nSPS) is 23.0. The molecule has 8 heteroatoms. The number of amides is 2. The number of hydrogen-bond donors (Lipinski definition) is 1. The first-order valence-electron chi connectivity index (χ1n) is 8.03. The van der Waals surface area contributed by atoms with E-state index in [0.29, 0.717) is 23.6 Å². The van der Waals surface area contributed by atoms with Crippen LogP contribution in [0.1, 0.15) is 12.8 Å². The number of carbonyl (C=O) groups excluding carboxylic acids is 3. The molecule has 1 aromatic rings. The zero-order valence-corrected chi connectivity index (χ0v) is 14.9. The summed E-state index contributed by atoms with van der Waals surface area (Å²) >= 11 is 1.24. The van der Waals surface area contributed by atoms with Crippen LogP contribution in [0.2, 0.25) is 0 Å². The number of ether oxygens (including phenoxy) is 2. The van der Waals surface area contributed by atoms with Gasteiger partial charge in [0.2, 0.25) is 16.9 Å². The Labute approximate surface area is 150 Å². The average molecular weight is 364 g/mol. The van der Waals surface area contributed by atoms with Gasteiger partial charge in [-0.3, -0.25) is 14.4 Å². The monoisotopic (exact) mass is 364 g/mol. The summed E-state index contributed by atoms with van der Waals surface area (Å²) in [5.74, 6) is 0.996. The maximum Gasteiger partial charge on any atom is 0.227 e. The first-order valence-corrected chi connectivity index (χ1v) is 9.01. The number of carbonyl (C=O) groups is 3. The van der Waals surface area contributed by atoms with Crippen molar-refractivity contribution in [3.63, 3.8) is 0 Å². The SMILES string of the molecule is COc1ccc(N2C[C@@H](C(=O)N[C@H]3CCSC3=O)CC2=O)c(OC)c1. The highest BCUT2D eigenvalue weighted by molar-refractivity contribution is 8.14. The first-order chi connectivity index (χ1) is 12.0. The van der Waals surface area contributed by atoms with Gasteiger partial charge in [-0.05, 0) is 18.6 Å². The largest absolute Gasteiger partial charge is 0.497 e. The lowest BCUT2D eigenvalue weighted by atomic mass is 10.1. The number of thioether (sulfide) groups is 1. The quantitative estimate of drug-likeness (QED) is 0.845. The molecule has 2 fully saturated rings. The Bertz CT molecular complexity index is 708. The van der Waals surface area contributed by atoms with Gasteiger partial charge >= 0.3 is 0 Å². The molecule has 0 aliphatic carbocycles. The van der Waals surface area contributed by atoms with Gasteiger partial charge in [-0.15, -0.1) is 0 Å². The fourth-order valence-electron chi connectivity index (χ4n) is 3.04. The standard InChI is InChI=1S/C17H20N2O5S/c1-23-11-3-4-13(14(8-11)24-2)19-9-10(7-15(19)20)16(21)18-12-5-6-25-17(12)22/h3-4,8,10,12H,5-7,9H2,1-2H3,(H,18,21)/t10-,12-/m0/s1. The molecule has 2 aliphatic rings. The van der Waals surface area contributed by atoms with E-state index < -0.39 is 12.0 Å². The fourth-order valence-corrected chi connectivity index (χ4v) is 3.97. The van der Waals surface area contributed by atoms with E-state index in [1.54, 1.807) is 30.2 Å². The van der Waals surface area contributed by atoms with E-state index in [1.807, 2.05) is 0 Å². The Morgan fingerprint density at radius 1 is 1.28 bits per heavy atom. The summed E-state index contributed by atoms with van der Waals surface area (Å²) in [6, 6.07) is 4.75. The third kappa shape index (κ3) is 3.58. The number of anilines is 1. The van der Waals surface area contributed by atoms with Crippen molar-refractivity contribution in [3.8, 4) is 11.5 Å². The minimum absolute atomic E-state index is 0.00801. The second-order valence-electron chi connectivity index (χ2n) is 5.96. The van der Waals surface area contributed by atoms with Crippen LogP contribution in [0.3, 0.4) is 0 Å². The molecule has 0 aromatic heterocycles. The molecule has 25 heavy (non-hydrogen) atoms. The molecule has 0 bridgehead atoms. The van der Waals surface area contributed by atoms with Gasteiger partial charge in [0, 0.05) is 24.8 Å². The van der Waals surface area contributed by atoms with Crippen LogP contribution < -0.4 is 19.7 Å². The molecule has 0 spiro atoms. The minimum atomic E-state index is -0.474. The summed E-state index contributed by atoms with van der Waals surface area (Å²) < 4.78 is 10.5. The fraction of sp³-hybridized carbons (Fsp3) is 0.471. The van der Waals surface area contributed by atoms with Crippen LogP contribution in [0.4, 0.5) is 5.69 Å². The summed E-state index contributed by atoms with van der Waals surface area (Å²) in [7, 11) is 3.07. The molecule has 2 saturated heterocycles. The Morgan fingerprint density at radius 2 is 2.08 bits per heavy atom. The van der Waals surface area contributed by atoms with Crippen molar-refractivity contribution in [1.82, 2.24) is 5.32 Å². The molecule has 134 valence electrons. The van der Waals surface area contributed by atoms with Gasteiger partial charge in [0.05, 0.1) is 31.9 Å². The molecular weight excluding hydrogens is 344 g/mol. The molecule has 0 saturated carbocycles. The number of methoxy groups -OCH3 is 2. The Hall–Kier alpha value is -2.22. The van der Waals surface area contributed by atoms with Crippen molar-refractivity contribution in [2.24, 2.45) is 5.92 Å². The minimum Gasteiger partial charge on any atom is -0.497 e. The van der Waals surface area contributed by atoms with Gasteiger partial charge in [-0.25, -0.2) is 0 Å². The second-order valence-corrected chi connectivity index (χ2v) is 7.06. The predicted octanol–water partition coefficient (Wildman–Crippen LogP) is 1.20. The summed E-state index contributed by atoms with van der Waals surface area (Å²) in [5.41, 5.74) is 0.607. The van der Waals surface area contributed by atoms with Crippen LogP contribution in [-0.2, 0) is 14.4 Å². The van der Waals surface area contributed by atoms with Crippen LogP contribution in [-0.4, -0.2) is 49.5 Å². The molecule has 1 aromatic carbocycles. The average Bonchev–Trinajstić information content (AvgIpc) is 3.20. The number of nitrogens with one attached hydrogen (secondary N) is 1. The Balaban J connectivity index is 1.72. The molecule has 2 heterocycles. The maximum atomic E-state index is 12.4. The summed E-state index contributed by atoms with van der Waals surface area (Å²) in [6.45, 7) is 0.265. The topological polar surface area (TPSA) is 84.9 Å². The molecular formula is C17H20N2O5S. The number of nitrogens with zero attached hydrogens (tertiary/aromatic N) is 1. The first kappa shape index (κ1) is 17.6. The van der Waals surface area contributed by atoms with Gasteiger partial charge in [0.25, 0.3) is 0 Å². The van der Waals surface area contributed by atoms with E-state index in [0.717, 1.165) is 5.75 Å². The molecule has 2 amide bonds. The van der Waals surface area contributed by atoms with E-state index in [-0.39, 0.29) is 29.9 Å². The van der Waals surface area contributed by atoms with E-state index in [9.17, 15) is 14.4 Å². The zero-order chi connectivity index (χ0) is 18.0. The number of benzene rings is 1. The second kappa shape index (κ2) is 7.35. The highest BCUT2D eigenvalue weighted by Gasteiger charge is 2.38. The molecule has 3 rings (SSSR count). The van der Waals surface area contributed by atoms with E-state index in [2.05, 4.69) is 5.32 Å². The molecule has 2 aliphatic heterocycles. The maximum absolute atomic E-state index is 12.4. The van der Waals surface area contributed by atoms with Crippen LogP contribution in [0.15, 0.2) is 18.2 Å². The highest BCUT2D eigenvalue weighted by Crippen LogP contribution is 2.36. The predicted molar refractivity (Wildman–Crippen MR) is 94.0 cm³/mol. The third-order valence-electron chi connectivity index (χ3n) is 4.43. The van der Waals surface area contributed by atoms with Gasteiger partial charge in [-0.2, -0.15) is 0 Å². The van der Waals surface area contributed by atoms with Crippen molar-refractivity contribution in [1.29, 1.82) is 0 Å². The van der Waals surface area contributed by atoms with Gasteiger partial charge in [-0.1, -0.05) is 11.8 Å². The van der Waals surface area contributed by atoms with E-state index in [4.69, 9.17) is 9.47 Å². The molecule has 0 unspecified atom stereocenters. The van der Waals surface area contributed by atoms with Crippen molar-refractivity contribution in [3.05, 3.63) is 18.2 Å². The highest BCUT2D eigenvalue weighted by atomic mass is 32.2. The van der Waals surface area contributed by atoms with Crippen molar-refractivity contribution >= 4 is 34.4 Å². The lowest BCUT2D eigenvalue weighted by Crippen LogP contribution is -2.41. The smallest absolute Gasteiger partial charge is 0.227 e. The van der Waals surface area contributed by atoms with Crippen LogP contribution in [0, 0.1) is 5.92 Å². The van der Waals surface area contributed by atoms with Gasteiger partial charge < -0.3 is 19.7 Å². The van der Waals surface area contributed by atoms with Gasteiger partial charge in [0.15, 0.2) is 0 Å². The summed E-state index contributed by atoms with van der Waals surface area (Å²) in [4.78, 5) is 38.0. The van der Waals surface area contributed by atoms with Crippen molar-refractivity contribution in [2.75, 3.05) is 31.4 Å². The number of rotatable bonds is 5. The van der Waals surface area contributed by atoms with Gasteiger partial charge in [0.1, 0.15) is 11.5 Å². The molecule has 7 nitrogen and oxygen atoms in total. The van der Waals surface area contributed by atoms with Crippen LogP contribution in [0.5, 0.6) is 11.5 Å². The Morgan fingerprint density at radius 3 is 2.72 bits per heavy atom. The van der Waals surface area contributed by atoms with Crippen LogP contribution in [0.25, 0.3) is 0 Å². The lowest BCUT2D eigenvalue weighted by Gasteiger charge is -2.20. The lowest BCUT2D eigenvalue weighted by molar-refractivity contribution is -0.128. The van der Waals surface area contributed by atoms with Crippen molar-refractivity contribution < 1.29 is 23.9 Å². The summed E-state index contributed by atoms with van der Waals surface area (Å²) in [6.07, 6.45) is 0.765. The molecule has 0 radical (unpaired) electrons. The summed E-state index contributed by atoms with van der Waals surface area (Å²) in [5, 5.41) is 2.76. The molecule has 2 atom stereocenters. The number of hydrogen-bond acceptors (Lipinski definition) is 6. The zero-order valence-electron chi connectivity index (χ0n) is 14.1. The van der Waals surface area contributed by atoms with E-state index in [1.165, 1.54) is 18.9 Å². The van der Waals surface area contributed by atoms with Crippen molar-refractivity contribution in [2.45, 2.75) is 18.9 Å². The van der Waals surface area contributed by atoms with Crippen LogP contribution >= 0.6 is 11.8 Å². The molecule has 1 N–H and O–H groups in total. The third-order valence-corrected chi connectivity index (χ3v) is 5.43. The van der Waals surface area contributed by atoms with E-state index >= 15 is 0 Å².